The molecule has 1 N–H and O–H groups in total. The molecule has 0 aliphatic heterocycles. The van der Waals surface area contributed by atoms with Crippen LogP contribution in [0.5, 0.6) is 0 Å². The average molecular weight is 143 g/mol. The summed E-state index contributed by atoms with van der Waals surface area (Å²) in [4.78, 5) is 20.6. The van der Waals surface area contributed by atoms with E-state index in [2.05, 4.69) is 5.32 Å². The van der Waals surface area contributed by atoms with Gasteiger partial charge in [-0.2, -0.15) is 0 Å². The zero-order valence-electron chi connectivity index (χ0n) is 6.60. The summed E-state index contributed by atoms with van der Waals surface area (Å²) >= 11 is 0. The Morgan fingerprint density at radius 2 is 2.00 bits per heavy atom. The van der Waals surface area contributed by atoms with Crippen LogP contribution in [0.2, 0.25) is 0 Å². The highest BCUT2D eigenvalue weighted by Crippen LogP contribution is 1.97. The second kappa shape index (κ2) is 3.34. The fourth-order valence-electron chi connectivity index (χ4n) is 0.545. The van der Waals surface area contributed by atoms with Crippen LogP contribution >= 0.6 is 0 Å². The molecule has 0 rings (SSSR count). The Hall–Kier alpha value is -0.860. The summed E-state index contributed by atoms with van der Waals surface area (Å²) < 4.78 is 0. The highest BCUT2D eigenvalue weighted by atomic mass is 16.2. The molecular formula is C7H13NO2. The van der Waals surface area contributed by atoms with Crippen LogP contribution in [0.1, 0.15) is 27.2 Å². The van der Waals surface area contributed by atoms with E-state index in [1.807, 2.05) is 20.8 Å². The number of hydrogen-bond acceptors (Lipinski definition) is 2. The highest BCUT2D eigenvalue weighted by Gasteiger charge is 2.12. The van der Waals surface area contributed by atoms with Crippen molar-refractivity contribution in [2.24, 2.45) is 0 Å². The third-order valence-electron chi connectivity index (χ3n) is 0.783. The first-order valence-electron chi connectivity index (χ1n) is 3.20. The van der Waals surface area contributed by atoms with Crippen LogP contribution in [0, 0.1) is 0 Å². The predicted octanol–water partition coefficient (Wildman–Crippen LogP) is 0.490. The Bertz CT molecular complexity index is 135. The van der Waals surface area contributed by atoms with Crippen molar-refractivity contribution < 1.29 is 9.59 Å². The minimum absolute atomic E-state index is 0.0444. The molecule has 0 aromatic rings. The molecule has 58 valence electrons. The van der Waals surface area contributed by atoms with Crippen LogP contribution < -0.4 is 5.32 Å². The van der Waals surface area contributed by atoms with Gasteiger partial charge in [0.25, 0.3) is 0 Å². The van der Waals surface area contributed by atoms with E-state index >= 15 is 0 Å². The van der Waals surface area contributed by atoms with Crippen molar-refractivity contribution in [3.05, 3.63) is 0 Å². The van der Waals surface area contributed by atoms with Crippen molar-refractivity contribution in [2.75, 3.05) is 0 Å². The van der Waals surface area contributed by atoms with E-state index < -0.39 is 0 Å². The van der Waals surface area contributed by atoms with Gasteiger partial charge in [0.2, 0.25) is 5.91 Å². The second-order valence-corrected chi connectivity index (χ2v) is 3.17. The Morgan fingerprint density at radius 1 is 1.50 bits per heavy atom. The summed E-state index contributed by atoms with van der Waals surface area (Å²) in [5.74, 6) is -0.220. The normalized spacial score (nSPS) is 10.7. The molecule has 0 heterocycles. The van der Waals surface area contributed by atoms with Crippen molar-refractivity contribution in [1.82, 2.24) is 5.32 Å². The fraction of sp³-hybridized carbons (Fsp3) is 0.714. The Kier molecular flexibility index (Phi) is 3.06. The summed E-state index contributed by atoms with van der Waals surface area (Å²) in [6.07, 6.45) is 0.554. The van der Waals surface area contributed by atoms with E-state index in [0.717, 1.165) is 0 Å². The summed E-state index contributed by atoms with van der Waals surface area (Å²) in [5, 5.41) is 2.65. The molecule has 0 spiro atoms. The SMILES string of the molecule is CC(C)(C)NC(=O)CC=O. The maximum atomic E-state index is 10.7. The van der Waals surface area contributed by atoms with Gasteiger partial charge in [-0.3, -0.25) is 4.79 Å². The van der Waals surface area contributed by atoms with Crippen LogP contribution in [0.25, 0.3) is 0 Å². The van der Waals surface area contributed by atoms with Crippen LogP contribution in [-0.2, 0) is 9.59 Å². The zero-order chi connectivity index (χ0) is 8.20. The Labute approximate surface area is 60.8 Å². The first-order chi connectivity index (χ1) is 4.45. The summed E-state index contributed by atoms with van der Waals surface area (Å²) in [6, 6.07) is 0. The number of carbonyl (C=O) groups excluding carboxylic acids is 2. The van der Waals surface area contributed by atoms with Crippen molar-refractivity contribution in [1.29, 1.82) is 0 Å². The molecular weight excluding hydrogens is 130 g/mol. The van der Waals surface area contributed by atoms with Crippen LogP contribution in [-0.4, -0.2) is 17.7 Å². The number of carbonyl (C=O) groups is 2. The predicted molar refractivity (Wildman–Crippen MR) is 38.6 cm³/mol. The molecule has 0 atom stereocenters. The van der Waals surface area contributed by atoms with Gasteiger partial charge in [-0.05, 0) is 20.8 Å². The fourth-order valence-corrected chi connectivity index (χ4v) is 0.545. The maximum absolute atomic E-state index is 10.7. The monoisotopic (exact) mass is 143 g/mol. The molecule has 0 aromatic carbocycles. The quantitative estimate of drug-likeness (QED) is 0.451. The lowest BCUT2D eigenvalue weighted by Gasteiger charge is -2.19. The molecule has 10 heavy (non-hydrogen) atoms. The van der Waals surface area contributed by atoms with E-state index in [9.17, 15) is 9.59 Å². The van der Waals surface area contributed by atoms with Crippen molar-refractivity contribution in [3.8, 4) is 0 Å². The molecule has 0 aliphatic rings. The number of hydrogen-bond donors (Lipinski definition) is 1. The number of amides is 1. The van der Waals surface area contributed by atoms with E-state index in [0.29, 0.717) is 6.29 Å². The van der Waals surface area contributed by atoms with E-state index in [4.69, 9.17) is 0 Å². The first-order valence-corrected chi connectivity index (χ1v) is 3.20. The van der Waals surface area contributed by atoms with Crippen LogP contribution in [0.4, 0.5) is 0 Å². The van der Waals surface area contributed by atoms with Gasteiger partial charge in [-0.15, -0.1) is 0 Å². The summed E-state index contributed by atoms with van der Waals surface area (Å²) in [7, 11) is 0. The van der Waals surface area contributed by atoms with Crippen molar-refractivity contribution in [3.63, 3.8) is 0 Å². The van der Waals surface area contributed by atoms with Gasteiger partial charge in [-0.1, -0.05) is 0 Å². The topological polar surface area (TPSA) is 46.2 Å². The molecule has 0 bridgehead atoms. The van der Waals surface area contributed by atoms with Gasteiger partial charge in [0.15, 0.2) is 0 Å². The lowest BCUT2D eigenvalue weighted by Crippen LogP contribution is -2.40. The zero-order valence-corrected chi connectivity index (χ0v) is 6.60. The smallest absolute Gasteiger partial charge is 0.227 e. The highest BCUT2D eigenvalue weighted by molar-refractivity contribution is 5.88. The number of aldehydes is 1. The van der Waals surface area contributed by atoms with Gasteiger partial charge >= 0.3 is 0 Å². The molecule has 0 saturated carbocycles. The third kappa shape index (κ3) is 5.28. The molecule has 0 fully saturated rings. The van der Waals surface area contributed by atoms with Gasteiger partial charge in [-0.25, -0.2) is 0 Å². The van der Waals surface area contributed by atoms with Gasteiger partial charge in [0.05, 0.1) is 6.42 Å². The minimum Gasteiger partial charge on any atom is -0.351 e. The number of rotatable bonds is 2. The van der Waals surface area contributed by atoms with Crippen LogP contribution in [0.3, 0.4) is 0 Å². The molecule has 0 aliphatic carbocycles. The average Bonchev–Trinajstić information content (AvgIpc) is 1.59. The van der Waals surface area contributed by atoms with E-state index in [1.54, 1.807) is 0 Å². The molecule has 1 amide bonds. The van der Waals surface area contributed by atoms with Crippen LogP contribution in [0.15, 0.2) is 0 Å². The molecule has 3 nitrogen and oxygen atoms in total. The van der Waals surface area contributed by atoms with Crippen molar-refractivity contribution >= 4 is 12.2 Å². The van der Waals surface area contributed by atoms with E-state index in [-0.39, 0.29) is 17.9 Å². The maximum Gasteiger partial charge on any atom is 0.227 e. The second-order valence-electron chi connectivity index (χ2n) is 3.17. The van der Waals surface area contributed by atoms with Gasteiger partial charge < -0.3 is 10.1 Å². The van der Waals surface area contributed by atoms with E-state index in [1.165, 1.54) is 0 Å². The summed E-state index contributed by atoms with van der Waals surface area (Å²) in [6.45, 7) is 5.61. The molecule has 0 radical (unpaired) electrons. The third-order valence-corrected chi connectivity index (χ3v) is 0.783. The minimum atomic E-state index is -0.236. The molecule has 0 aromatic heterocycles. The van der Waals surface area contributed by atoms with Gasteiger partial charge in [0.1, 0.15) is 6.29 Å². The largest absolute Gasteiger partial charge is 0.351 e. The molecule has 3 heteroatoms. The lowest BCUT2D eigenvalue weighted by atomic mass is 10.1. The standard InChI is InChI=1S/C7H13NO2/c1-7(2,3)8-6(10)4-5-9/h5H,4H2,1-3H3,(H,8,10). The molecule has 0 saturated heterocycles. The Balaban J connectivity index is 3.68. The van der Waals surface area contributed by atoms with Crippen molar-refractivity contribution in [2.45, 2.75) is 32.7 Å². The molecule has 0 unspecified atom stereocenters. The Morgan fingerprint density at radius 3 is 2.30 bits per heavy atom. The lowest BCUT2D eigenvalue weighted by molar-refractivity contribution is -0.125. The summed E-state index contributed by atoms with van der Waals surface area (Å²) in [5.41, 5.74) is -0.236. The first kappa shape index (κ1) is 9.14. The van der Waals surface area contributed by atoms with Gasteiger partial charge in [0, 0.05) is 5.54 Å². The number of nitrogens with one attached hydrogen (secondary N) is 1.